The van der Waals surface area contributed by atoms with Gasteiger partial charge in [0.05, 0.1) is 5.92 Å². The van der Waals surface area contributed by atoms with E-state index in [0.29, 0.717) is 6.54 Å². The Morgan fingerprint density at radius 2 is 2.24 bits per heavy atom. The molecule has 0 radical (unpaired) electrons. The number of carboxylic acid groups (broad SMARTS) is 1. The summed E-state index contributed by atoms with van der Waals surface area (Å²) in [5.74, 6) is -0.932. The molecule has 4 heteroatoms. The fourth-order valence-electron chi connectivity index (χ4n) is 2.35. The second-order valence-electron chi connectivity index (χ2n) is 4.52. The molecule has 1 aromatic carbocycles. The van der Waals surface area contributed by atoms with E-state index < -0.39 is 5.97 Å². The van der Waals surface area contributed by atoms with Crippen LogP contribution in [0.4, 0.5) is 0 Å². The van der Waals surface area contributed by atoms with Crippen molar-refractivity contribution >= 4 is 17.6 Å². The van der Waals surface area contributed by atoms with Crippen LogP contribution in [0.2, 0.25) is 5.02 Å². The molecule has 17 heavy (non-hydrogen) atoms. The first-order valence-corrected chi connectivity index (χ1v) is 6.18. The minimum atomic E-state index is -0.696. The van der Waals surface area contributed by atoms with E-state index >= 15 is 0 Å². The zero-order valence-corrected chi connectivity index (χ0v) is 10.5. The number of nitrogens with zero attached hydrogens (tertiary/aromatic N) is 1. The van der Waals surface area contributed by atoms with Crippen LogP contribution in [0.25, 0.3) is 0 Å². The Kier molecular flexibility index (Phi) is 3.69. The van der Waals surface area contributed by atoms with Crippen molar-refractivity contribution in [1.82, 2.24) is 4.90 Å². The molecular formula is C13H16ClNO2. The third kappa shape index (κ3) is 2.61. The Hall–Kier alpha value is -1.06. The van der Waals surface area contributed by atoms with Gasteiger partial charge in [0, 0.05) is 17.6 Å². The molecule has 1 aliphatic rings. The van der Waals surface area contributed by atoms with Crippen LogP contribution in [-0.2, 0) is 4.79 Å². The first kappa shape index (κ1) is 12.4. The van der Waals surface area contributed by atoms with Gasteiger partial charge in [-0.15, -0.1) is 0 Å². The van der Waals surface area contributed by atoms with Gasteiger partial charge < -0.3 is 5.11 Å². The predicted octanol–water partition coefficient (Wildman–Crippen LogP) is 2.81. The van der Waals surface area contributed by atoms with Crippen LogP contribution in [0.15, 0.2) is 24.3 Å². The molecule has 2 unspecified atom stereocenters. The summed E-state index contributed by atoms with van der Waals surface area (Å²) in [5.41, 5.74) is 1.07. The lowest BCUT2D eigenvalue weighted by Gasteiger charge is -2.25. The van der Waals surface area contributed by atoms with Gasteiger partial charge in [-0.05, 0) is 31.5 Å². The summed E-state index contributed by atoms with van der Waals surface area (Å²) in [6.45, 7) is 3.51. The third-order valence-electron chi connectivity index (χ3n) is 3.47. The molecule has 2 atom stereocenters. The maximum absolute atomic E-state index is 10.9. The largest absolute Gasteiger partial charge is 0.481 e. The number of halogens is 1. The Morgan fingerprint density at radius 1 is 1.53 bits per heavy atom. The molecule has 0 aromatic heterocycles. The van der Waals surface area contributed by atoms with Gasteiger partial charge in [0.2, 0.25) is 0 Å². The average molecular weight is 254 g/mol. The number of carboxylic acids is 1. The molecule has 3 nitrogen and oxygen atoms in total. The first-order valence-electron chi connectivity index (χ1n) is 5.81. The van der Waals surface area contributed by atoms with E-state index in [0.717, 1.165) is 23.6 Å². The van der Waals surface area contributed by atoms with E-state index in [-0.39, 0.29) is 12.0 Å². The van der Waals surface area contributed by atoms with Gasteiger partial charge in [0.15, 0.2) is 0 Å². The van der Waals surface area contributed by atoms with E-state index in [1.807, 2.05) is 24.3 Å². The molecular weight excluding hydrogens is 238 g/mol. The average Bonchev–Trinajstić information content (AvgIpc) is 2.78. The second-order valence-corrected chi connectivity index (χ2v) is 4.92. The molecule has 1 saturated heterocycles. The lowest BCUT2D eigenvalue weighted by atomic mass is 10.1. The zero-order valence-electron chi connectivity index (χ0n) is 9.77. The number of likely N-dealkylation sites (tertiary alicyclic amines) is 1. The topological polar surface area (TPSA) is 40.5 Å². The van der Waals surface area contributed by atoms with Crippen LogP contribution in [0.1, 0.15) is 24.9 Å². The Balaban J connectivity index is 2.09. The number of hydrogen-bond acceptors (Lipinski definition) is 2. The highest BCUT2D eigenvalue weighted by Gasteiger charge is 2.31. The molecule has 1 fully saturated rings. The van der Waals surface area contributed by atoms with Crippen molar-refractivity contribution < 1.29 is 9.90 Å². The molecule has 92 valence electrons. The maximum Gasteiger partial charge on any atom is 0.307 e. The van der Waals surface area contributed by atoms with Crippen LogP contribution >= 0.6 is 11.6 Å². The highest BCUT2D eigenvalue weighted by atomic mass is 35.5. The summed E-state index contributed by atoms with van der Waals surface area (Å²) in [6.07, 6.45) is 0.726. The quantitative estimate of drug-likeness (QED) is 0.901. The molecule has 0 amide bonds. The van der Waals surface area contributed by atoms with Crippen molar-refractivity contribution in [2.75, 3.05) is 13.1 Å². The lowest BCUT2D eigenvalue weighted by Crippen LogP contribution is -2.26. The van der Waals surface area contributed by atoms with E-state index in [4.69, 9.17) is 16.7 Å². The fourth-order valence-corrected chi connectivity index (χ4v) is 2.64. The van der Waals surface area contributed by atoms with Gasteiger partial charge in [-0.2, -0.15) is 0 Å². The van der Waals surface area contributed by atoms with Crippen molar-refractivity contribution in [1.29, 1.82) is 0 Å². The van der Waals surface area contributed by atoms with Crippen LogP contribution in [0, 0.1) is 5.92 Å². The normalized spacial score (nSPS) is 22.6. The summed E-state index contributed by atoms with van der Waals surface area (Å²) >= 11 is 6.15. The number of rotatable bonds is 3. The Morgan fingerprint density at radius 3 is 2.82 bits per heavy atom. The van der Waals surface area contributed by atoms with Crippen LogP contribution < -0.4 is 0 Å². The Labute approximate surface area is 106 Å². The highest BCUT2D eigenvalue weighted by Crippen LogP contribution is 2.31. The van der Waals surface area contributed by atoms with Gasteiger partial charge >= 0.3 is 5.97 Å². The second kappa shape index (κ2) is 5.07. The van der Waals surface area contributed by atoms with E-state index in [1.165, 1.54) is 0 Å². The molecule has 1 aliphatic heterocycles. The van der Waals surface area contributed by atoms with Crippen molar-refractivity contribution in [3.8, 4) is 0 Å². The standard InChI is InChI=1S/C13H16ClNO2/c1-9(11-4-2-3-5-12(11)14)15-7-6-10(8-15)13(16)17/h2-5,9-10H,6-8H2,1H3,(H,16,17). The molecule has 0 bridgehead atoms. The summed E-state index contributed by atoms with van der Waals surface area (Å²) in [4.78, 5) is 13.1. The Bertz CT molecular complexity index is 422. The number of benzene rings is 1. The van der Waals surface area contributed by atoms with E-state index in [2.05, 4.69) is 11.8 Å². The minimum absolute atomic E-state index is 0.174. The van der Waals surface area contributed by atoms with E-state index in [1.54, 1.807) is 0 Å². The maximum atomic E-state index is 10.9. The summed E-state index contributed by atoms with van der Waals surface area (Å²) in [6, 6.07) is 7.91. The fraction of sp³-hybridized carbons (Fsp3) is 0.462. The molecule has 0 aliphatic carbocycles. The van der Waals surface area contributed by atoms with Crippen molar-refractivity contribution in [2.24, 2.45) is 5.92 Å². The van der Waals surface area contributed by atoms with Crippen molar-refractivity contribution in [3.63, 3.8) is 0 Å². The van der Waals surface area contributed by atoms with Crippen LogP contribution in [0.5, 0.6) is 0 Å². The summed E-state index contributed by atoms with van der Waals surface area (Å²) < 4.78 is 0. The van der Waals surface area contributed by atoms with E-state index in [9.17, 15) is 4.79 Å². The molecule has 0 spiro atoms. The van der Waals surface area contributed by atoms with Crippen LogP contribution in [-0.4, -0.2) is 29.1 Å². The van der Waals surface area contributed by atoms with Gasteiger partial charge in [0.1, 0.15) is 0 Å². The smallest absolute Gasteiger partial charge is 0.307 e. The zero-order chi connectivity index (χ0) is 12.4. The van der Waals surface area contributed by atoms with Crippen molar-refractivity contribution in [2.45, 2.75) is 19.4 Å². The van der Waals surface area contributed by atoms with Crippen LogP contribution in [0.3, 0.4) is 0 Å². The van der Waals surface area contributed by atoms with Gasteiger partial charge in [-0.25, -0.2) is 0 Å². The first-order chi connectivity index (χ1) is 8.09. The molecule has 0 saturated carbocycles. The monoisotopic (exact) mass is 253 g/mol. The number of hydrogen-bond donors (Lipinski definition) is 1. The van der Waals surface area contributed by atoms with Gasteiger partial charge in [-0.1, -0.05) is 29.8 Å². The number of carbonyl (C=O) groups is 1. The molecule has 2 rings (SSSR count). The SMILES string of the molecule is CC(c1ccccc1Cl)N1CCC(C(=O)O)C1. The van der Waals surface area contributed by atoms with Gasteiger partial charge in [0.25, 0.3) is 0 Å². The van der Waals surface area contributed by atoms with Gasteiger partial charge in [-0.3, -0.25) is 9.69 Å². The number of aliphatic carboxylic acids is 1. The highest BCUT2D eigenvalue weighted by molar-refractivity contribution is 6.31. The minimum Gasteiger partial charge on any atom is -0.481 e. The molecule has 1 heterocycles. The summed E-state index contributed by atoms with van der Waals surface area (Å²) in [7, 11) is 0. The summed E-state index contributed by atoms with van der Waals surface area (Å²) in [5, 5.41) is 9.73. The molecule has 1 N–H and O–H groups in total. The predicted molar refractivity (Wildman–Crippen MR) is 67.2 cm³/mol. The lowest BCUT2D eigenvalue weighted by molar-refractivity contribution is -0.141. The van der Waals surface area contributed by atoms with Crippen molar-refractivity contribution in [3.05, 3.63) is 34.9 Å². The molecule has 1 aromatic rings. The third-order valence-corrected chi connectivity index (χ3v) is 3.82.